The van der Waals surface area contributed by atoms with Crippen molar-refractivity contribution < 1.29 is 19.2 Å². The summed E-state index contributed by atoms with van der Waals surface area (Å²) in [5.74, 6) is -0.687. The number of allylic oxidation sites excluding steroid dienone is 3. The van der Waals surface area contributed by atoms with Crippen LogP contribution < -0.4 is 0 Å². The Morgan fingerprint density at radius 2 is 2.03 bits per heavy atom. The number of esters is 1. The van der Waals surface area contributed by atoms with Crippen LogP contribution in [0.4, 0.5) is 0 Å². The average molecular weight is 432 g/mol. The zero-order valence-electron chi connectivity index (χ0n) is 16.0. The number of nitrogens with zero attached hydrogens (tertiary/aromatic N) is 1. The summed E-state index contributed by atoms with van der Waals surface area (Å²) in [5, 5.41) is 5.24. The van der Waals surface area contributed by atoms with Gasteiger partial charge in [-0.05, 0) is 49.6 Å². The fourth-order valence-electron chi connectivity index (χ4n) is 5.21. The van der Waals surface area contributed by atoms with Crippen LogP contribution in [0.15, 0.2) is 46.7 Å². The van der Waals surface area contributed by atoms with E-state index in [2.05, 4.69) is 12.1 Å². The molecule has 1 unspecified atom stereocenters. The zero-order chi connectivity index (χ0) is 20.6. The van der Waals surface area contributed by atoms with Crippen LogP contribution in [0.1, 0.15) is 38.7 Å². The molecule has 1 spiro atoms. The number of ether oxygens (including phenoxy) is 1. The van der Waals surface area contributed by atoms with Crippen LogP contribution in [0.25, 0.3) is 0 Å². The van der Waals surface area contributed by atoms with E-state index in [0.29, 0.717) is 26.9 Å². The van der Waals surface area contributed by atoms with Gasteiger partial charge < -0.3 is 9.57 Å². The summed E-state index contributed by atoms with van der Waals surface area (Å²) in [4.78, 5) is 31.2. The molecule has 1 aromatic rings. The molecule has 2 fully saturated rings. The third-order valence-corrected chi connectivity index (χ3v) is 7.35. The van der Waals surface area contributed by atoms with Gasteiger partial charge in [0.15, 0.2) is 5.78 Å². The summed E-state index contributed by atoms with van der Waals surface area (Å²) in [7, 11) is 0. The van der Waals surface area contributed by atoms with Crippen molar-refractivity contribution in [3.8, 4) is 0 Å². The minimum atomic E-state index is -1.19. The SMILES string of the molecule is CC1=C2[C@H]3OC(=O)C4(CC(c5cc(Cl)ccc5Cl)=NO4)[C@@H]3CC[C@@]2(C)C=CC1=O. The molecular formula is C22H19Cl2NO4. The first-order chi connectivity index (χ1) is 13.7. The maximum Gasteiger partial charge on any atom is 0.354 e. The minimum Gasteiger partial charge on any atom is -0.454 e. The first-order valence-electron chi connectivity index (χ1n) is 9.61. The molecule has 0 aromatic heterocycles. The Morgan fingerprint density at radius 1 is 1.24 bits per heavy atom. The number of rotatable bonds is 1. The third-order valence-electron chi connectivity index (χ3n) is 6.78. The molecule has 29 heavy (non-hydrogen) atoms. The Balaban J connectivity index is 1.52. The van der Waals surface area contributed by atoms with Crippen LogP contribution >= 0.6 is 23.2 Å². The van der Waals surface area contributed by atoms with E-state index in [0.717, 1.165) is 18.4 Å². The van der Waals surface area contributed by atoms with Crippen LogP contribution in [0, 0.1) is 11.3 Å². The van der Waals surface area contributed by atoms with Gasteiger partial charge in [0, 0.05) is 33.0 Å². The lowest BCUT2D eigenvalue weighted by atomic mass is 9.60. The summed E-state index contributed by atoms with van der Waals surface area (Å²) >= 11 is 12.4. The largest absolute Gasteiger partial charge is 0.454 e. The number of carbonyl (C=O) groups is 2. The normalized spacial score (nSPS) is 35.4. The molecule has 4 aliphatic rings. The van der Waals surface area contributed by atoms with E-state index < -0.39 is 17.7 Å². The number of oxime groups is 1. The molecule has 0 radical (unpaired) electrons. The summed E-state index contributed by atoms with van der Waals surface area (Å²) in [5.41, 5.74) is 1.30. The fraction of sp³-hybridized carbons (Fsp3) is 0.409. The Labute approximate surface area is 178 Å². The smallest absolute Gasteiger partial charge is 0.354 e. The van der Waals surface area contributed by atoms with Crippen LogP contribution in [0.5, 0.6) is 0 Å². The van der Waals surface area contributed by atoms with Gasteiger partial charge in [0.05, 0.1) is 11.6 Å². The van der Waals surface area contributed by atoms with E-state index in [4.69, 9.17) is 32.8 Å². The first kappa shape index (κ1) is 18.9. The molecule has 5 rings (SSSR count). The lowest BCUT2D eigenvalue weighted by Gasteiger charge is -2.43. The number of fused-ring (bicyclic) bond motifs is 4. The summed E-state index contributed by atoms with van der Waals surface area (Å²) in [6.07, 6.45) is 4.88. The van der Waals surface area contributed by atoms with E-state index in [-0.39, 0.29) is 23.5 Å². The van der Waals surface area contributed by atoms with Crippen LogP contribution in [0.2, 0.25) is 10.0 Å². The van der Waals surface area contributed by atoms with Crippen molar-refractivity contribution in [1.29, 1.82) is 0 Å². The topological polar surface area (TPSA) is 65.0 Å². The number of ketones is 1. The van der Waals surface area contributed by atoms with Crippen molar-refractivity contribution >= 4 is 40.7 Å². The zero-order valence-corrected chi connectivity index (χ0v) is 17.5. The van der Waals surface area contributed by atoms with Crippen LogP contribution in [-0.4, -0.2) is 29.2 Å². The molecular weight excluding hydrogens is 413 g/mol. The van der Waals surface area contributed by atoms with Gasteiger partial charge in [0.2, 0.25) is 5.60 Å². The summed E-state index contributed by atoms with van der Waals surface area (Å²) in [6.45, 7) is 3.90. The molecule has 2 aliphatic heterocycles. The standard InChI is InChI=1S/C22H19Cl2NO4/c1-11-17(26)6-8-21(2)7-5-14-19(18(11)21)28-20(27)22(14)10-16(25-29-22)13-9-12(23)3-4-15(13)24/h3-4,6,8-9,14,19H,5,7,10H2,1-2H3/t14-,19+,21+,22?/m1/s1. The number of hydrogen-bond acceptors (Lipinski definition) is 5. The monoisotopic (exact) mass is 431 g/mol. The van der Waals surface area contributed by atoms with Crippen LogP contribution in [0.3, 0.4) is 0 Å². The first-order valence-corrected chi connectivity index (χ1v) is 10.4. The molecule has 0 amide bonds. The van der Waals surface area contributed by atoms with Crippen molar-refractivity contribution in [3.63, 3.8) is 0 Å². The number of hydrogen-bond donors (Lipinski definition) is 0. The van der Waals surface area contributed by atoms with E-state index >= 15 is 0 Å². The van der Waals surface area contributed by atoms with Gasteiger partial charge in [0.25, 0.3) is 0 Å². The third kappa shape index (κ3) is 2.57. The lowest BCUT2D eigenvalue weighted by molar-refractivity contribution is -0.158. The van der Waals surface area contributed by atoms with Gasteiger partial charge in [-0.15, -0.1) is 0 Å². The molecule has 0 bridgehead atoms. The fourth-order valence-corrected chi connectivity index (χ4v) is 5.60. The Bertz CT molecular complexity index is 1060. The second-order valence-electron chi connectivity index (χ2n) is 8.44. The quantitative estimate of drug-likeness (QED) is 0.606. The Morgan fingerprint density at radius 3 is 2.83 bits per heavy atom. The number of halogens is 2. The van der Waals surface area contributed by atoms with Gasteiger partial charge in [0.1, 0.15) is 6.10 Å². The summed E-state index contributed by atoms with van der Waals surface area (Å²) < 4.78 is 5.85. The van der Waals surface area contributed by atoms with Crippen LogP contribution in [-0.2, 0) is 19.2 Å². The molecule has 1 saturated carbocycles. The van der Waals surface area contributed by atoms with E-state index in [9.17, 15) is 9.59 Å². The molecule has 1 aromatic carbocycles. The molecule has 4 atom stereocenters. The molecule has 2 heterocycles. The highest BCUT2D eigenvalue weighted by atomic mass is 35.5. The van der Waals surface area contributed by atoms with Gasteiger partial charge in [-0.1, -0.05) is 41.4 Å². The highest BCUT2D eigenvalue weighted by Gasteiger charge is 2.66. The average Bonchev–Trinajstić information content (AvgIpc) is 3.23. The highest BCUT2D eigenvalue weighted by Crippen LogP contribution is 2.57. The van der Waals surface area contributed by atoms with Gasteiger partial charge in [-0.2, -0.15) is 0 Å². The Kier molecular flexibility index (Phi) is 4.03. The molecule has 7 heteroatoms. The van der Waals surface area contributed by atoms with Gasteiger partial charge in [-0.25, -0.2) is 4.79 Å². The lowest BCUT2D eigenvalue weighted by Crippen LogP contribution is -2.47. The van der Waals surface area contributed by atoms with Gasteiger partial charge >= 0.3 is 5.97 Å². The molecule has 5 nitrogen and oxygen atoms in total. The van der Waals surface area contributed by atoms with Crippen molar-refractivity contribution in [3.05, 3.63) is 57.1 Å². The maximum atomic E-state index is 13.1. The highest BCUT2D eigenvalue weighted by molar-refractivity contribution is 6.36. The number of carbonyl (C=O) groups excluding carboxylic acids is 2. The molecule has 2 aliphatic carbocycles. The van der Waals surface area contributed by atoms with Crippen molar-refractivity contribution in [1.82, 2.24) is 0 Å². The second kappa shape index (κ2) is 6.19. The second-order valence-corrected chi connectivity index (χ2v) is 9.29. The predicted molar refractivity (Wildman–Crippen MR) is 109 cm³/mol. The van der Waals surface area contributed by atoms with E-state index in [1.165, 1.54) is 0 Å². The minimum absolute atomic E-state index is 0.0369. The van der Waals surface area contributed by atoms with E-state index in [1.54, 1.807) is 24.3 Å². The van der Waals surface area contributed by atoms with Crippen molar-refractivity contribution in [2.45, 2.75) is 44.8 Å². The predicted octanol–water partition coefficient (Wildman–Crippen LogP) is 4.65. The van der Waals surface area contributed by atoms with Crippen molar-refractivity contribution in [2.75, 3.05) is 0 Å². The van der Waals surface area contributed by atoms with Crippen molar-refractivity contribution in [2.24, 2.45) is 16.5 Å². The van der Waals surface area contributed by atoms with E-state index in [1.807, 2.05) is 13.0 Å². The Hall–Kier alpha value is -2.11. The molecule has 1 saturated heterocycles. The maximum absolute atomic E-state index is 13.1. The molecule has 150 valence electrons. The molecule has 0 N–H and O–H groups in total. The number of benzene rings is 1. The van der Waals surface area contributed by atoms with Gasteiger partial charge in [-0.3, -0.25) is 4.79 Å². The summed E-state index contributed by atoms with van der Waals surface area (Å²) in [6, 6.07) is 5.12.